The van der Waals surface area contributed by atoms with E-state index < -0.39 is 7.14 Å². The highest BCUT2D eigenvalue weighted by molar-refractivity contribution is 7.78. The van der Waals surface area contributed by atoms with E-state index in [9.17, 15) is 4.57 Å². The molecule has 0 N–H and O–H groups in total. The van der Waals surface area contributed by atoms with Crippen molar-refractivity contribution in [2.45, 2.75) is 19.3 Å². The second-order valence-corrected chi connectivity index (χ2v) is 8.98. The maximum Gasteiger partial charge on any atom is 0.140 e. The van der Waals surface area contributed by atoms with Gasteiger partial charge in [0.15, 0.2) is 0 Å². The van der Waals surface area contributed by atoms with Crippen LogP contribution in [0.1, 0.15) is 25.0 Å². The molecule has 3 rings (SSSR count). The zero-order valence-corrected chi connectivity index (χ0v) is 12.9. The molecule has 0 saturated heterocycles. The first-order valence-electron chi connectivity index (χ1n) is 6.33. The van der Waals surface area contributed by atoms with Crippen molar-refractivity contribution in [3.05, 3.63) is 58.6 Å². The predicted octanol–water partition coefficient (Wildman–Crippen LogP) is 3.92. The van der Waals surface area contributed by atoms with Crippen molar-refractivity contribution >= 4 is 29.4 Å². The van der Waals surface area contributed by atoms with Crippen molar-refractivity contribution in [3.8, 4) is 0 Å². The van der Waals surface area contributed by atoms with Gasteiger partial charge in [0.25, 0.3) is 0 Å². The van der Waals surface area contributed by atoms with Crippen molar-refractivity contribution in [2.24, 2.45) is 0 Å². The molecule has 0 aliphatic carbocycles. The smallest absolute Gasteiger partial charge is 0.140 e. The van der Waals surface area contributed by atoms with Crippen LogP contribution < -0.4 is 10.6 Å². The van der Waals surface area contributed by atoms with Crippen LogP contribution in [0.25, 0.3) is 0 Å². The average molecular weight is 291 g/mol. The van der Waals surface area contributed by atoms with Gasteiger partial charge in [-0.15, -0.1) is 0 Å². The minimum Gasteiger partial charge on any atom is -0.314 e. The third-order valence-electron chi connectivity index (χ3n) is 4.13. The van der Waals surface area contributed by atoms with Crippen LogP contribution in [0.4, 0.5) is 0 Å². The highest BCUT2D eigenvalue weighted by atomic mass is 35.5. The Balaban J connectivity index is 2.44. The van der Waals surface area contributed by atoms with E-state index in [1.165, 1.54) is 0 Å². The summed E-state index contributed by atoms with van der Waals surface area (Å²) in [6.07, 6.45) is 0. The fraction of sp³-hybridized carbons (Fsp3) is 0.250. The zero-order valence-electron chi connectivity index (χ0n) is 11.3. The molecule has 98 valence electrons. The normalized spacial score (nSPS) is 23.6. The molecular weight excluding hydrogens is 275 g/mol. The van der Waals surface area contributed by atoms with Gasteiger partial charge in [-0.25, -0.2) is 0 Å². The van der Waals surface area contributed by atoms with Gasteiger partial charge in [0, 0.05) is 21.0 Å². The van der Waals surface area contributed by atoms with Gasteiger partial charge in [-0.05, 0) is 29.9 Å². The fourth-order valence-electron chi connectivity index (χ4n) is 3.04. The average Bonchev–Trinajstić information content (AvgIpc) is 2.37. The molecule has 0 saturated carbocycles. The van der Waals surface area contributed by atoms with E-state index in [1.54, 1.807) is 0 Å². The molecule has 1 nitrogen and oxygen atoms in total. The van der Waals surface area contributed by atoms with E-state index in [-0.39, 0.29) is 5.41 Å². The highest BCUT2D eigenvalue weighted by Gasteiger charge is 2.40. The Kier molecular flexibility index (Phi) is 2.71. The molecule has 1 aliphatic heterocycles. The van der Waals surface area contributed by atoms with Crippen molar-refractivity contribution in [2.75, 3.05) is 6.66 Å². The lowest BCUT2D eigenvalue weighted by atomic mass is 9.77. The first-order chi connectivity index (χ1) is 8.85. The molecule has 3 heteroatoms. The monoisotopic (exact) mass is 290 g/mol. The molecule has 0 bridgehead atoms. The van der Waals surface area contributed by atoms with Gasteiger partial charge in [-0.1, -0.05) is 55.8 Å². The van der Waals surface area contributed by atoms with Crippen molar-refractivity contribution in [3.63, 3.8) is 0 Å². The number of hydrogen-bond donors (Lipinski definition) is 0. The van der Waals surface area contributed by atoms with Crippen LogP contribution >= 0.6 is 18.7 Å². The van der Waals surface area contributed by atoms with Crippen molar-refractivity contribution in [1.29, 1.82) is 0 Å². The van der Waals surface area contributed by atoms with Crippen molar-refractivity contribution < 1.29 is 4.57 Å². The Hall–Kier alpha value is -1.04. The van der Waals surface area contributed by atoms with E-state index in [0.29, 0.717) is 5.02 Å². The third-order valence-corrected chi connectivity index (χ3v) is 6.96. The van der Waals surface area contributed by atoms with Crippen LogP contribution in [0.5, 0.6) is 0 Å². The third kappa shape index (κ3) is 1.72. The van der Waals surface area contributed by atoms with Gasteiger partial charge in [0.1, 0.15) is 7.14 Å². The molecule has 1 aliphatic rings. The van der Waals surface area contributed by atoms with Crippen LogP contribution in [0.3, 0.4) is 0 Å². The molecule has 1 atom stereocenters. The molecule has 1 heterocycles. The van der Waals surface area contributed by atoms with Gasteiger partial charge in [-0.3, -0.25) is 0 Å². The SMILES string of the molecule is CC1(C)c2ccccc2P(C)(=O)c2cc(Cl)ccc21. The number of benzene rings is 2. The van der Waals surface area contributed by atoms with Gasteiger partial charge < -0.3 is 4.57 Å². The van der Waals surface area contributed by atoms with Crippen LogP contribution in [0.2, 0.25) is 5.02 Å². The highest BCUT2D eigenvalue weighted by Crippen LogP contribution is 2.50. The summed E-state index contributed by atoms with van der Waals surface area (Å²) in [7, 11) is -2.56. The molecule has 2 aromatic carbocycles. The second kappa shape index (κ2) is 3.98. The number of rotatable bonds is 0. The maximum absolute atomic E-state index is 13.3. The summed E-state index contributed by atoms with van der Waals surface area (Å²) in [4.78, 5) is 0. The summed E-state index contributed by atoms with van der Waals surface area (Å²) >= 11 is 6.10. The quantitative estimate of drug-likeness (QED) is 0.672. The van der Waals surface area contributed by atoms with E-state index in [2.05, 4.69) is 19.9 Å². The van der Waals surface area contributed by atoms with Gasteiger partial charge in [-0.2, -0.15) is 0 Å². The summed E-state index contributed by atoms with van der Waals surface area (Å²) in [5.74, 6) is 0. The summed E-state index contributed by atoms with van der Waals surface area (Å²) in [5, 5.41) is 2.52. The first kappa shape index (κ1) is 13.0. The lowest BCUT2D eigenvalue weighted by Crippen LogP contribution is -2.39. The lowest BCUT2D eigenvalue weighted by Gasteiger charge is -2.38. The minimum absolute atomic E-state index is 0.138. The van der Waals surface area contributed by atoms with Crippen LogP contribution in [-0.2, 0) is 9.98 Å². The summed E-state index contributed by atoms with van der Waals surface area (Å²) in [6.45, 7) is 6.20. The van der Waals surface area contributed by atoms with Crippen LogP contribution in [0.15, 0.2) is 42.5 Å². The van der Waals surface area contributed by atoms with Crippen LogP contribution in [-0.4, -0.2) is 6.66 Å². The first-order valence-corrected chi connectivity index (χ1v) is 8.86. The van der Waals surface area contributed by atoms with E-state index >= 15 is 0 Å². The Labute approximate surface area is 119 Å². The van der Waals surface area contributed by atoms with E-state index in [1.807, 2.05) is 43.1 Å². The minimum atomic E-state index is -2.56. The molecule has 0 amide bonds. The Morgan fingerprint density at radius 1 is 1.00 bits per heavy atom. The molecule has 19 heavy (non-hydrogen) atoms. The van der Waals surface area contributed by atoms with Gasteiger partial charge >= 0.3 is 0 Å². The Morgan fingerprint density at radius 3 is 2.37 bits per heavy atom. The predicted molar refractivity (Wildman–Crippen MR) is 82.8 cm³/mol. The van der Waals surface area contributed by atoms with E-state index in [4.69, 9.17) is 11.6 Å². The number of halogens is 1. The standard InChI is InChI=1S/C16H16ClOP/c1-16(2)12-6-4-5-7-14(12)19(3,18)15-10-11(17)8-9-13(15)16/h4-10H,1-3H3. The molecule has 1 unspecified atom stereocenters. The molecule has 2 aromatic rings. The largest absolute Gasteiger partial charge is 0.314 e. The van der Waals surface area contributed by atoms with Crippen molar-refractivity contribution in [1.82, 2.24) is 0 Å². The number of fused-ring (bicyclic) bond motifs is 2. The fourth-order valence-corrected chi connectivity index (χ4v) is 5.93. The molecule has 0 aromatic heterocycles. The summed E-state index contributed by atoms with van der Waals surface area (Å²) in [5.41, 5.74) is 2.15. The van der Waals surface area contributed by atoms with Gasteiger partial charge in [0.05, 0.1) is 0 Å². The maximum atomic E-state index is 13.3. The van der Waals surface area contributed by atoms with Gasteiger partial charge in [0.2, 0.25) is 0 Å². The zero-order chi connectivity index (χ0) is 13.8. The van der Waals surface area contributed by atoms with Crippen LogP contribution in [0, 0.1) is 0 Å². The molecular formula is C16H16ClOP. The molecule has 0 radical (unpaired) electrons. The number of hydrogen-bond acceptors (Lipinski definition) is 1. The topological polar surface area (TPSA) is 17.1 Å². The summed E-state index contributed by atoms with van der Waals surface area (Å²) < 4.78 is 13.3. The second-order valence-electron chi connectivity index (χ2n) is 5.73. The Bertz CT molecular complexity index is 718. The molecule has 0 spiro atoms. The Morgan fingerprint density at radius 2 is 1.63 bits per heavy atom. The summed E-state index contributed by atoms with van der Waals surface area (Å²) in [6, 6.07) is 13.8. The molecule has 0 fully saturated rings. The van der Waals surface area contributed by atoms with E-state index in [0.717, 1.165) is 21.7 Å². The lowest BCUT2D eigenvalue weighted by molar-refractivity contribution is 0.584.